The van der Waals surface area contributed by atoms with E-state index in [1.807, 2.05) is 0 Å². The highest BCUT2D eigenvalue weighted by atomic mass is 32.2. The van der Waals surface area contributed by atoms with Gasteiger partial charge in [-0.05, 0) is 36.4 Å². The summed E-state index contributed by atoms with van der Waals surface area (Å²) in [5, 5.41) is 0. The van der Waals surface area contributed by atoms with Crippen molar-refractivity contribution in [1.82, 2.24) is 0 Å². The third-order valence-corrected chi connectivity index (χ3v) is 5.09. The van der Waals surface area contributed by atoms with Gasteiger partial charge in [0.25, 0.3) is 0 Å². The largest absolute Gasteiger partial charge is 0.497 e. The van der Waals surface area contributed by atoms with Crippen molar-refractivity contribution >= 4 is 21.6 Å². The van der Waals surface area contributed by atoms with Gasteiger partial charge in [0.05, 0.1) is 30.2 Å². The molecule has 0 spiro atoms. The van der Waals surface area contributed by atoms with E-state index in [4.69, 9.17) is 14.2 Å². The minimum atomic E-state index is -4.76. The smallest absolute Gasteiger partial charge is 0.341 e. The first-order valence-electron chi connectivity index (χ1n) is 7.75. The van der Waals surface area contributed by atoms with Crippen molar-refractivity contribution in [2.24, 2.45) is 0 Å². The molecule has 0 aromatic heterocycles. The van der Waals surface area contributed by atoms with Crippen LogP contribution in [-0.2, 0) is 14.6 Å². The number of Topliss-reactive ketones (excluding diaryl/α,β-unsaturated/α-hetero) is 1. The van der Waals surface area contributed by atoms with E-state index in [0.717, 1.165) is 24.3 Å². The maximum absolute atomic E-state index is 12.5. The molecule has 2 rings (SSSR count). The number of sulfone groups is 1. The number of carbonyl (C=O) groups is 2. The highest BCUT2D eigenvalue weighted by molar-refractivity contribution is 7.91. The Labute approximate surface area is 159 Å². The number of ketones is 1. The third kappa shape index (κ3) is 4.63. The van der Waals surface area contributed by atoms with Gasteiger partial charge < -0.3 is 14.2 Å². The fraction of sp³-hybridized carbons (Fsp3) is 0.222. The number of hydrogen-bond donors (Lipinski definition) is 0. The van der Waals surface area contributed by atoms with Crippen LogP contribution >= 0.6 is 0 Å². The predicted molar refractivity (Wildman–Crippen MR) is 93.8 cm³/mol. The fourth-order valence-electron chi connectivity index (χ4n) is 2.20. The summed E-state index contributed by atoms with van der Waals surface area (Å²) >= 11 is 0. The molecule has 0 saturated heterocycles. The average molecular weight is 414 g/mol. The molecule has 0 heterocycles. The van der Waals surface area contributed by atoms with Gasteiger partial charge in [-0.15, -0.1) is 0 Å². The molecule has 28 heavy (non-hydrogen) atoms. The number of carbonyl (C=O) groups excluding carboxylic acids is 2. The summed E-state index contributed by atoms with van der Waals surface area (Å²) in [4.78, 5) is 23.6. The van der Waals surface area contributed by atoms with E-state index in [0.29, 0.717) is 5.75 Å². The van der Waals surface area contributed by atoms with Crippen LogP contribution in [0.1, 0.15) is 20.7 Å². The highest BCUT2D eigenvalue weighted by Gasteiger charge is 2.26. The Morgan fingerprint density at radius 2 is 1.64 bits per heavy atom. The van der Waals surface area contributed by atoms with Gasteiger partial charge >= 0.3 is 11.7 Å². The summed E-state index contributed by atoms with van der Waals surface area (Å²) in [6.07, 6.45) is 0. The van der Waals surface area contributed by atoms with E-state index < -0.39 is 38.8 Å². The number of benzene rings is 2. The molecule has 0 radical (unpaired) electrons. The van der Waals surface area contributed by atoms with E-state index in [1.165, 1.54) is 26.4 Å². The van der Waals surface area contributed by atoms with E-state index in [-0.39, 0.29) is 16.9 Å². The first-order chi connectivity index (χ1) is 13.2. The lowest BCUT2D eigenvalue weighted by Gasteiger charge is -2.10. The zero-order chi connectivity index (χ0) is 20.9. The Kier molecular flexibility index (Phi) is 6.68. The lowest BCUT2D eigenvalue weighted by Crippen LogP contribution is -2.15. The maximum atomic E-state index is 12.5. The number of alkyl halides is 2. The van der Waals surface area contributed by atoms with Gasteiger partial charge in [-0.3, -0.25) is 4.79 Å². The molecule has 0 aliphatic rings. The molecule has 0 amide bonds. The van der Waals surface area contributed by atoms with Crippen LogP contribution in [0.3, 0.4) is 0 Å². The molecular weight excluding hydrogens is 398 g/mol. The van der Waals surface area contributed by atoms with Crippen LogP contribution in [0.4, 0.5) is 8.78 Å². The molecule has 0 fully saturated rings. The molecule has 10 heteroatoms. The Hall–Kier alpha value is -3.01. The van der Waals surface area contributed by atoms with E-state index in [1.54, 1.807) is 6.07 Å². The lowest BCUT2D eigenvalue weighted by atomic mass is 10.1. The number of esters is 1. The number of rotatable bonds is 8. The molecule has 0 saturated carbocycles. The summed E-state index contributed by atoms with van der Waals surface area (Å²) in [6, 6.07) is 8.28. The molecule has 0 bridgehead atoms. The normalized spacial score (nSPS) is 11.2. The van der Waals surface area contributed by atoms with Gasteiger partial charge in [0.1, 0.15) is 11.5 Å². The van der Waals surface area contributed by atoms with Crippen LogP contribution in [0.25, 0.3) is 0 Å². The molecular formula is C18H16F2O7S. The van der Waals surface area contributed by atoms with Crippen LogP contribution in [0.2, 0.25) is 0 Å². The van der Waals surface area contributed by atoms with Crippen LogP contribution in [0, 0.1) is 0 Å². The van der Waals surface area contributed by atoms with Crippen molar-refractivity contribution in [3.63, 3.8) is 0 Å². The molecule has 0 aliphatic heterocycles. The lowest BCUT2D eigenvalue weighted by molar-refractivity contribution is 0.0474. The second-order valence-electron chi connectivity index (χ2n) is 5.40. The predicted octanol–water partition coefficient (Wildman–Crippen LogP) is 2.74. The van der Waals surface area contributed by atoms with Crippen molar-refractivity contribution in [2.45, 2.75) is 10.7 Å². The zero-order valence-corrected chi connectivity index (χ0v) is 15.7. The molecule has 2 aromatic carbocycles. The minimum Gasteiger partial charge on any atom is -0.497 e. The van der Waals surface area contributed by atoms with E-state index in [2.05, 4.69) is 0 Å². The summed E-state index contributed by atoms with van der Waals surface area (Å²) < 4.78 is 62.8. The summed E-state index contributed by atoms with van der Waals surface area (Å²) in [6.45, 7) is -0.599. The van der Waals surface area contributed by atoms with Gasteiger partial charge in [-0.25, -0.2) is 13.2 Å². The molecule has 0 unspecified atom stereocenters. The number of halogens is 2. The van der Waals surface area contributed by atoms with Gasteiger partial charge in [0.2, 0.25) is 15.6 Å². The first-order valence-corrected chi connectivity index (χ1v) is 9.29. The van der Waals surface area contributed by atoms with Crippen molar-refractivity contribution in [1.29, 1.82) is 0 Å². The van der Waals surface area contributed by atoms with Crippen LogP contribution in [0.15, 0.2) is 47.4 Å². The minimum absolute atomic E-state index is 0.0947. The standard InChI is InChI=1S/C18H16F2O7S/c1-25-12-5-8-14(16(9-12)26-2)15(21)10-27-17(22)11-3-6-13(7-4-11)28(23,24)18(19)20/h3-9,18H,10H2,1-2H3. The number of hydrogen-bond acceptors (Lipinski definition) is 7. The Morgan fingerprint density at radius 1 is 1.00 bits per heavy atom. The van der Waals surface area contributed by atoms with Crippen molar-refractivity contribution in [3.05, 3.63) is 53.6 Å². The number of methoxy groups -OCH3 is 2. The molecule has 0 atom stereocenters. The summed E-state index contributed by atoms with van der Waals surface area (Å²) in [5.74, 6) is -4.31. The van der Waals surface area contributed by atoms with Crippen LogP contribution in [-0.4, -0.2) is 46.8 Å². The second kappa shape index (κ2) is 8.79. The van der Waals surface area contributed by atoms with Gasteiger partial charge in [-0.1, -0.05) is 0 Å². The number of ether oxygens (including phenoxy) is 3. The molecule has 7 nitrogen and oxygen atoms in total. The van der Waals surface area contributed by atoms with Crippen molar-refractivity contribution < 1.29 is 41.0 Å². The van der Waals surface area contributed by atoms with Crippen molar-refractivity contribution in [2.75, 3.05) is 20.8 Å². The first kappa shape index (κ1) is 21.3. The maximum Gasteiger partial charge on any atom is 0.341 e. The van der Waals surface area contributed by atoms with Gasteiger partial charge in [0, 0.05) is 6.07 Å². The SMILES string of the molecule is COc1ccc(C(=O)COC(=O)c2ccc(S(=O)(=O)C(F)F)cc2)c(OC)c1. The average Bonchev–Trinajstić information content (AvgIpc) is 2.71. The third-order valence-electron chi connectivity index (χ3n) is 3.70. The van der Waals surface area contributed by atoms with E-state index in [9.17, 15) is 26.8 Å². The summed E-state index contributed by atoms with van der Waals surface area (Å²) in [7, 11) is -1.94. The van der Waals surface area contributed by atoms with Crippen molar-refractivity contribution in [3.8, 4) is 11.5 Å². The molecule has 2 aromatic rings. The second-order valence-corrected chi connectivity index (χ2v) is 7.31. The highest BCUT2D eigenvalue weighted by Crippen LogP contribution is 2.25. The monoisotopic (exact) mass is 414 g/mol. The molecule has 150 valence electrons. The topological polar surface area (TPSA) is 96.0 Å². The Balaban J connectivity index is 2.07. The fourth-order valence-corrected chi connectivity index (χ4v) is 2.93. The van der Waals surface area contributed by atoms with Crippen LogP contribution in [0.5, 0.6) is 11.5 Å². The van der Waals surface area contributed by atoms with Gasteiger partial charge in [0.15, 0.2) is 6.61 Å². The molecule has 0 aliphatic carbocycles. The van der Waals surface area contributed by atoms with Crippen LogP contribution < -0.4 is 9.47 Å². The Morgan fingerprint density at radius 3 is 2.18 bits per heavy atom. The Bertz CT molecular complexity index is 970. The summed E-state index contributed by atoms with van der Waals surface area (Å²) in [5.41, 5.74) is 0.0807. The zero-order valence-electron chi connectivity index (χ0n) is 14.8. The van der Waals surface area contributed by atoms with E-state index >= 15 is 0 Å². The molecule has 0 N–H and O–H groups in total. The quantitative estimate of drug-likeness (QED) is 0.484. The van der Waals surface area contributed by atoms with Gasteiger partial charge in [-0.2, -0.15) is 8.78 Å².